The van der Waals surface area contributed by atoms with Crippen molar-refractivity contribution in [2.75, 3.05) is 52.9 Å². The number of benzene rings is 1. The Balaban J connectivity index is 1.47. The third kappa shape index (κ3) is 5.68. The molecule has 1 aromatic rings. The Morgan fingerprint density at radius 3 is 2.22 bits per heavy atom. The first-order valence-electron chi connectivity index (χ1n) is 10.4. The number of aliphatic hydroxyl groups is 1. The van der Waals surface area contributed by atoms with Gasteiger partial charge in [-0.15, -0.1) is 0 Å². The Hall–Kier alpha value is -2.86. The normalized spacial score (nSPS) is 18.2. The molecule has 0 spiro atoms. The fourth-order valence-corrected chi connectivity index (χ4v) is 3.42. The number of carbonyl (C=O) groups is 4. The molecule has 2 aliphatic rings. The number of ether oxygens (including phenoxy) is 4. The predicted octanol–water partition coefficient (Wildman–Crippen LogP) is -0.491. The summed E-state index contributed by atoms with van der Waals surface area (Å²) in [4.78, 5) is 50.1. The van der Waals surface area contributed by atoms with E-state index in [-0.39, 0.29) is 56.1 Å². The maximum Gasteiger partial charge on any atom is 0.266 e. The van der Waals surface area contributed by atoms with E-state index in [2.05, 4.69) is 5.32 Å². The van der Waals surface area contributed by atoms with Crippen LogP contribution in [0.2, 0.25) is 0 Å². The average Bonchev–Trinajstić information content (AvgIpc) is 3.03. The summed E-state index contributed by atoms with van der Waals surface area (Å²) in [7, 11) is 0. The fraction of sp³-hybridized carbons (Fsp3) is 0.524. The molecule has 0 aromatic heterocycles. The molecule has 32 heavy (non-hydrogen) atoms. The van der Waals surface area contributed by atoms with Crippen molar-refractivity contribution >= 4 is 23.6 Å². The lowest BCUT2D eigenvalue weighted by molar-refractivity contribution is -0.136. The summed E-state index contributed by atoms with van der Waals surface area (Å²) in [6.07, 6.45) is 0.152. The lowest BCUT2D eigenvalue weighted by atomic mass is 10.0. The van der Waals surface area contributed by atoms with Crippen molar-refractivity contribution in [1.82, 2.24) is 10.2 Å². The van der Waals surface area contributed by atoms with E-state index in [4.69, 9.17) is 24.1 Å². The minimum Gasteiger partial charge on any atom is -0.490 e. The summed E-state index contributed by atoms with van der Waals surface area (Å²) >= 11 is 0. The molecule has 2 heterocycles. The van der Waals surface area contributed by atoms with Crippen LogP contribution in [-0.4, -0.2) is 92.5 Å². The zero-order valence-electron chi connectivity index (χ0n) is 17.5. The van der Waals surface area contributed by atoms with Gasteiger partial charge in [-0.25, -0.2) is 0 Å². The minimum atomic E-state index is -1.02. The van der Waals surface area contributed by atoms with Gasteiger partial charge >= 0.3 is 0 Å². The lowest BCUT2D eigenvalue weighted by Crippen LogP contribution is -2.54. The highest BCUT2D eigenvalue weighted by Crippen LogP contribution is 2.33. The van der Waals surface area contributed by atoms with Crippen molar-refractivity contribution < 1.29 is 43.2 Å². The molecular formula is C21H26N2O9. The Bertz CT molecular complexity index is 858. The predicted molar refractivity (Wildman–Crippen MR) is 108 cm³/mol. The topological polar surface area (TPSA) is 141 Å². The molecule has 0 saturated carbocycles. The van der Waals surface area contributed by atoms with E-state index in [0.29, 0.717) is 26.4 Å². The molecule has 1 unspecified atom stereocenters. The SMILES string of the molecule is O=C1CCC(N2C(=O)c3cccc(OCCOCCOCCOCCO)c3C2=O)C(=O)N1. The summed E-state index contributed by atoms with van der Waals surface area (Å²) < 4.78 is 21.4. The highest BCUT2D eigenvalue weighted by Gasteiger charge is 2.45. The molecule has 11 nitrogen and oxygen atoms in total. The number of fused-ring (bicyclic) bond motifs is 1. The molecule has 174 valence electrons. The maximum absolute atomic E-state index is 12.9. The lowest BCUT2D eigenvalue weighted by Gasteiger charge is -2.27. The Morgan fingerprint density at radius 2 is 1.56 bits per heavy atom. The number of hydrogen-bond acceptors (Lipinski definition) is 9. The number of aliphatic hydroxyl groups excluding tert-OH is 1. The van der Waals surface area contributed by atoms with Crippen LogP contribution in [0.15, 0.2) is 18.2 Å². The largest absolute Gasteiger partial charge is 0.490 e. The number of imide groups is 2. The number of carbonyl (C=O) groups excluding carboxylic acids is 4. The van der Waals surface area contributed by atoms with Crippen LogP contribution in [0.25, 0.3) is 0 Å². The van der Waals surface area contributed by atoms with Crippen molar-refractivity contribution in [3.8, 4) is 5.75 Å². The van der Waals surface area contributed by atoms with Crippen LogP contribution in [0.1, 0.15) is 33.6 Å². The van der Waals surface area contributed by atoms with Crippen molar-refractivity contribution in [1.29, 1.82) is 0 Å². The minimum absolute atomic E-state index is 0.0254. The molecule has 2 N–H and O–H groups in total. The number of piperidine rings is 1. The van der Waals surface area contributed by atoms with Crippen LogP contribution in [0.4, 0.5) is 0 Å². The van der Waals surface area contributed by atoms with E-state index in [1.54, 1.807) is 12.1 Å². The number of hydrogen-bond donors (Lipinski definition) is 2. The standard InChI is InChI=1S/C21H26N2O9/c24-6-7-29-8-9-30-10-11-31-12-13-32-16-3-1-2-14-18(16)21(28)23(20(14)27)15-4-5-17(25)22-19(15)26/h1-3,15,24H,4-13H2,(H,22,25,26). The molecule has 2 aliphatic heterocycles. The molecule has 3 rings (SSSR count). The zero-order valence-corrected chi connectivity index (χ0v) is 17.5. The smallest absolute Gasteiger partial charge is 0.266 e. The average molecular weight is 450 g/mol. The second kappa shape index (κ2) is 11.7. The van der Waals surface area contributed by atoms with Gasteiger partial charge in [-0.3, -0.25) is 29.4 Å². The third-order valence-corrected chi connectivity index (χ3v) is 4.89. The van der Waals surface area contributed by atoms with Crippen LogP contribution in [-0.2, 0) is 23.8 Å². The summed E-state index contributed by atoms with van der Waals surface area (Å²) in [5.74, 6) is -2.05. The number of nitrogens with one attached hydrogen (secondary N) is 1. The maximum atomic E-state index is 12.9. The van der Waals surface area contributed by atoms with Crippen molar-refractivity contribution in [2.45, 2.75) is 18.9 Å². The summed E-state index contributed by atoms with van der Waals surface area (Å²) in [5, 5.41) is 10.7. The van der Waals surface area contributed by atoms with Gasteiger partial charge in [0.25, 0.3) is 11.8 Å². The van der Waals surface area contributed by atoms with Crippen molar-refractivity contribution in [2.24, 2.45) is 0 Å². The van der Waals surface area contributed by atoms with Crippen molar-refractivity contribution in [3.63, 3.8) is 0 Å². The van der Waals surface area contributed by atoms with Gasteiger partial charge < -0.3 is 24.1 Å². The molecule has 1 saturated heterocycles. The van der Waals surface area contributed by atoms with Crippen LogP contribution in [0.3, 0.4) is 0 Å². The van der Waals surface area contributed by atoms with Crippen LogP contribution < -0.4 is 10.1 Å². The monoisotopic (exact) mass is 450 g/mol. The molecule has 1 atom stereocenters. The van der Waals surface area contributed by atoms with Crippen LogP contribution >= 0.6 is 0 Å². The van der Waals surface area contributed by atoms with Crippen LogP contribution in [0, 0.1) is 0 Å². The van der Waals surface area contributed by atoms with E-state index in [0.717, 1.165) is 4.90 Å². The van der Waals surface area contributed by atoms with Gasteiger partial charge in [0.05, 0.1) is 57.4 Å². The van der Waals surface area contributed by atoms with Crippen molar-refractivity contribution in [3.05, 3.63) is 29.3 Å². The third-order valence-electron chi connectivity index (χ3n) is 4.89. The summed E-state index contributed by atoms with van der Waals surface area (Å²) in [5.41, 5.74) is 0.267. The number of amides is 4. The fourth-order valence-electron chi connectivity index (χ4n) is 3.42. The summed E-state index contributed by atoms with van der Waals surface area (Å²) in [6, 6.07) is 3.66. The van der Waals surface area contributed by atoms with E-state index in [1.165, 1.54) is 6.07 Å². The van der Waals surface area contributed by atoms with Gasteiger partial charge in [-0.2, -0.15) is 0 Å². The second-order valence-corrected chi connectivity index (χ2v) is 7.04. The van der Waals surface area contributed by atoms with Gasteiger partial charge in [0.15, 0.2) is 0 Å². The quantitative estimate of drug-likeness (QED) is 0.301. The van der Waals surface area contributed by atoms with E-state index >= 15 is 0 Å². The Kier molecular flexibility index (Phi) is 8.68. The molecule has 1 aromatic carbocycles. The second-order valence-electron chi connectivity index (χ2n) is 7.04. The first kappa shape index (κ1) is 23.8. The Morgan fingerprint density at radius 1 is 0.906 bits per heavy atom. The molecule has 4 amide bonds. The van der Waals surface area contributed by atoms with Gasteiger partial charge in [0.1, 0.15) is 18.4 Å². The number of rotatable bonds is 13. The highest BCUT2D eigenvalue weighted by molar-refractivity contribution is 6.24. The van der Waals surface area contributed by atoms with Crippen LogP contribution in [0.5, 0.6) is 5.75 Å². The molecular weight excluding hydrogens is 424 g/mol. The van der Waals surface area contributed by atoms with Gasteiger partial charge in [-0.05, 0) is 18.6 Å². The molecule has 0 bridgehead atoms. The van der Waals surface area contributed by atoms with Gasteiger partial charge in [-0.1, -0.05) is 6.07 Å². The van der Waals surface area contributed by atoms with Gasteiger partial charge in [0, 0.05) is 6.42 Å². The number of nitrogens with zero attached hydrogens (tertiary/aromatic N) is 1. The highest BCUT2D eigenvalue weighted by atomic mass is 16.6. The van der Waals surface area contributed by atoms with Gasteiger partial charge in [0.2, 0.25) is 11.8 Å². The first-order valence-corrected chi connectivity index (χ1v) is 10.4. The van der Waals surface area contributed by atoms with E-state index < -0.39 is 29.7 Å². The van der Waals surface area contributed by atoms with E-state index in [9.17, 15) is 19.2 Å². The Labute approximate surface area is 184 Å². The molecule has 11 heteroatoms. The first-order chi connectivity index (χ1) is 15.5. The van der Waals surface area contributed by atoms with E-state index in [1.807, 2.05) is 0 Å². The summed E-state index contributed by atoms with van der Waals surface area (Å²) in [6.45, 7) is 2.15. The zero-order chi connectivity index (χ0) is 22.9. The molecule has 0 aliphatic carbocycles. The molecule has 0 radical (unpaired) electrons. The molecule has 1 fully saturated rings.